The molecule has 128 valence electrons. The summed E-state index contributed by atoms with van der Waals surface area (Å²) >= 11 is 0. The predicted octanol–water partition coefficient (Wildman–Crippen LogP) is 4.04. The molecule has 0 spiro atoms. The van der Waals surface area contributed by atoms with E-state index >= 15 is 0 Å². The standard InChI is InChI=1S/C19H24FN3O/c1-17(2)11-5-7-18(17,3)19(4,10-11)23-16(24)14-9-12-13(20)6-8-21-15(12)22-14/h6,8-9,11H,5,7,10H2,1-4H3,(H,21,22)(H,23,24). The molecule has 2 fully saturated rings. The Kier molecular flexibility index (Phi) is 2.98. The van der Waals surface area contributed by atoms with Crippen LogP contribution in [0.5, 0.6) is 0 Å². The van der Waals surface area contributed by atoms with Crippen LogP contribution in [0.2, 0.25) is 0 Å². The molecule has 2 heterocycles. The third-order valence-corrected chi connectivity index (χ3v) is 7.42. The molecule has 2 bridgehead atoms. The van der Waals surface area contributed by atoms with Gasteiger partial charge in [-0.05, 0) is 55.1 Å². The van der Waals surface area contributed by atoms with Crippen molar-refractivity contribution in [1.29, 1.82) is 0 Å². The maximum atomic E-state index is 13.8. The summed E-state index contributed by atoms with van der Waals surface area (Å²) < 4.78 is 13.8. The molecule has 5 heteroatoms. The molecule has 3 atom stereocenters. The number of aromatic amines is 1. The number of amides is 1. The van der Waals surface area contributed by atoms with Crippen molar-refractivity contribution in [3.05, 3.63) is 29.8 Å². The molecule has 4 rings (SSSR count). The number of halogens is 1. The summed E-state index contributed by atoms with van der Waals surface area (Å²) in [6.07, 6.45) is 4.76. The zero-order valence-corrected chi connectivity index (χ0v) is 14.7. The molecule has 24 heavy (non-hydrogen) atoms. The smallest absolute Gasteiger partial charge is 0.268 e. The summed E-state index contributed by atoms with van der Waals surface area (Å²) in [5, 5.41) is 3.61. The van der Waals surface area contributed by atoms with E-state index < -0.39 is 0 Å². The summed E-state index contributed by atoms with van der Waals surface area (Å²) in [6.45, 7) is 9.11. The highest BCUT2D eigenvalue weighted by Gasteiger charge is 2.67. The molecule has 0 aliphatic heterocycles. The van der Waals surface area contributed by atoms with Gasteiger partial charge >= 0.3 is 0 Å². The quantitative estimate of drug-likeness (QED) is 0.874. The fourth-order valence-electron chi connectivity index (χ4n) is 5.28. The summed E-state index contributed by atoms with van der Waals surface area (Å²) in [6, 6.07) is 2.86. The molecule has 0 radical (unpaired) electrons. The minimum absolute atomic E-state index is 0.0653. The van der Waals surface area contributed by atoms with Gasteiger partial charge in [-0.3, -0.25) is 4.79 Å². The van der Waals surface area contributed by atoms with Crippen LogP contribution in [0, 0.1) is 22.6 Å². The van der Waals surface area contributed by atoms with Crippen LogP contribution in [0.15, 0.2) is 18.3 Å². The molecule has 2 saturated carbocycles. The maximum Gasteiger partial charge on any atom is 0.268 e. The molecule has 3 unspecified atom stereocenters. The van der Waals surface area contributed by atoms with Gasteiger partial charge in [0, 0.05) is 11.7 Å². The lowest BCUT2D eigenvalue weighted by Crippen LogP contribution is -2.57. The zero-order valence-electron chi connectivity index (χ0n) is 14.7. The Bertz CT molecular complexity index is 842. The maximum absolute atomic E-state index is 13.8. The minimum Gasteiger partial charge on any atom is -0.345 e. The average molecular weight is 329 g/mol. The number of pyridine rings is 1. The number of H-pyrrole nitrogens is 1. The highest BCUT2D eigenvalue weighted by Crippen LogP contribution is 2.69. The normalized spacial score (nSPS) is 34.0. The number of carbonyl (C=O) groups excluding carboxylic acids is 1. The van der Waals surface area contributed by atoms with Gasteiger partial charge in [-0.15, -0.1) is 0 Å². The van der Waals surface area contributed by atoms with E-state index in [1.165, 1.54) is 18.7 Å². The van der Waals surface area contributed by atoms with E-state index in [9.17, 15) is 9.18 Å². The van der Waals surface area contributed by atoms with E-state index in [2.05, 4.69) is 43.0 Å². The molecular weight excluding hydrogens is 305 g/mol. The van der Waals surface area contributed by atoms with E-state index in [4.69, 9.17) is 0 Å². The Balaban J connectivity index is 1.65. The van der Waals surface area contributed by atoms with Gasteiger partial charge < -0.3 is 10.3 Å². The molecule has 2 aromatic heterocycles. The van der Waals surface area contributed by atoms with Crippen LogP contribution in [0.1, 0.15) is 57.4 Å². The molecule has 2 aliphatic rings. The van der Waals surface area contributed by atoms with Gasteiger partial charge in [0.25, 0.3) is 5.91 Å². The van der Waals surface area contributed by atoms with Crippen molar-refractivity contribution in [2.45, 2.75) is 52.5 Å². The van der Waals surface area contributed by atoms with Gasteiger partial charge in [0.2, 0.25) is 0 Å². The Hall–Kier alpha value is -1.91. The van der Waals surface area contributed by atoms with Crippen molar-refractivity contribution in [3.8, 4) is 0 Å². The van der Waals surface area contributed by atoms with E-state index in [1.54, 1.807) is 6.07 Å². The molecule has 2 aromatic rings. The Morgan fingerprint density at radius 2 is 2.12 bits per heavy atom. The zero-order chi connectivity index (χ0) is 17.3. The van der Waals surface area contributed by atoms with Crippen molar-refractivity contribution in [2.75, 3.05) is 0 Å². The van der Waals surface area contributed by atoms with Crippen LogP contribution in [0.25, 0.3) is 11.0 Å². The van der Waals surface area contributed by atoms with Crippen LogP contribution in [-0.4, -0.2) is 21.4 Å². The van der Waals surface area contributed by atoms with Gasteiger partial charge in [-0.2, -0.15) is 0 Å². The number of hydrogen-bond donors (Lipinski definition) is 2. The van der Waals surface area contributed by atoms with Crippen LogP contribution in [-0.2, 0) is 0 Å². The third-order valence-electron chi connectivity index (χ3n) is 7.42. The van der Waals surface area contributed by atoms with E-state index in [0.29, 0.717) is 22.6 Å². The second-order valence-corrected chi connectivity index (χ2v) is 8.52. The van der Waals surface area contributed by atoms with Crippen LogP contribution < -0.4 is 5.32 Å². The Labute approximate surface area is 141 Å². The van der Waals surface area contributed by atoms with Gasteiger partial charge in [0.15, 0.2) is 0 Å². The molecule has 1 amide bonds. The van der Waals surface area contributed by atoms with Gasteiger partial charge in [0.05, 0.1) is 5.39 Å². The average Bonchev–Trinajstić information content (AvgIpc) is 3.07. The largest absolute Gasteiger partial charge is 0.345 e. The van der Waals surface area contributed by atoms with Crippen molar-refractivity contribution >= 4 is 16.9 Å². The summed E-state index contributed by atoms with van der Waals surface area (Å²) in [5.74, 6) is 0.0867. The lowest BCUT2D eigenvalue weighted by Gasteiger charge is -2.47. The first-order valence-electron chi connectivity index (χ1n) is 8.64. The first kappa shape index (κ1) is 15.6. The molecule has 0 saturated heterocycles. The fourth-order valence-corrected chi connectivity index (χ4v) is 5.28. The number of hydrogen-bond acceptors (Lipinski definition) is 2. The molecular formula is C19H24FN3O. The second-order valence-electron chi connectivity index (χ2n) is 8.52. The molecule has 4 nitrogen and oxygen atoms in total. The third kappa shape index (κ3) is 1.78. The van der Waals surface area contributed by atoms with Crippen molar-refractivity contribution < 1.29 is 9.18 Å². The Morgan fingerprint density at radius 3 is 2.71 bits per heavy atom. The summed E-state index contributed by atoms with van der Waals surface area (Å²) in [7, 11) is 0. The van der Waals surface area contributed by atoms with Crippen LogP contribution >= 0.6 is 0 Å². The van der Waals surface area contributed by atoms with Crippen molar-refractivity contribution in [1.82, 2.24) is 15.3 Å². The van der Waals surface area contributed by atoms with E-state index in [0.717, 1.165) is 12.8 Å². The van der Waals surface area contributed by atoms with Crippen LogP contribution in [0.4, 0.5) is 4.39 Å². The molecule has 2 N–H and O–H groups in total. The van der Waals surface area contributed by atoms with E-state index in [-0.39, 0.29) is 28.1 Å². The fraction of sp³-hybridized carbons (Fsp3) is 0.579. The lowest BCUT2D eigenvalue weighted by atomic mass is 9.63. The SMILES string of the molecule is CC1(NC(=O)c2cc3c(F)ccnc3[nH]2)CC2CCC1(C)C2(C)C. The van der Waals surface area contributed by atoms with Crippen molar-refractivity contribution in [3.63, 3.8) is 0 Å². The summed E-state index contributed by atoms with van der Waals surface area (Å²) in [4.78, 5) is 19.9. The van der Waals surface area contributed by atoms with Gasteiger partial charge in [-0.25, -0.2) is 9.37 Å². The second kappa shape index (κ2) is 4.58. The van der Waals surface area contributed by atoms with Gasteiger partial charge in [0.1, 0.15) is 17.2 Å². The molecule has 0 aromatic carbocycles. The van der Waals surface area contributed by atoms with E-state index in [1.807, 2.05) is 0 Å². The number of nitrogens with one attached hydrogen (secondary N) is 2. The van der Waals surface area contributed by atoms with Crippen LogP contribution in [0.3, 0.4) is 0 Å². The topological polar surface area (TPSA) is 57.8 Å². The highest BCUT2D eigenvalue weighted by atomic mass is 19.1. The number of carbonyl (C=O) groups is 1. The minimum atomic E-state index is -0.366. The lowest BCUT2D eigenvalue weighted by molar-refractivity contribution is 0.0533. The van der Waals surface area contributed by atoms with Crippen molar-refractivity contribution in [2.24, 2.45) is 16.7 Å². The molecule has 2 aliphatic carbocycles. The first-order valence-corrected chi connectivity index (χ1v) is 8.64. The number of rotatable bonds is 2. The van der Waals surface area contributed by atoms with Gasteiger partial charge in [-0.1, -0.05) is 20.8 Å². The number of fused-ring (bicyclic) bond motifs is 3. The first-order chi connectivity index (χ1) is 11.2. The summed E-state index contributed by atoms with van der Waals surface area (Å²) in [5.41, 5.74) is 0.802. The Morgan fingerprint density at radius 1 is 1.38 bits per heavy atom. The highest BCUT2D eigenvalue weighted by molar-refractivity contribution is 5.97. The monoisotopic (exact) mass is 329 g/mol. The predicted molar refractivity (Wildman–Crippen MR) is 91.2 cm³/mol. The number of nitrogens with zero attached hydrogens (tertiary/aromatic N) is 1. The number of aromatic nitrogens is 2.